The third-order valence-corrected chi connectivity index (χ3v) is 6.38. The number of hydrogen-bond donors (Lipinski definition) is 2. The summed E-state index contributed by atoms with van der Waals surface area (Å²) in [5, 5.41) is 17.5. The van der Waals surface area contributed by atoms with Crippen LogP contribution in [-0.2, 0) is 4.79 Å². The molecule has 0 saturated carbocycles. The number of aromatic nitrogens is 1. The van der Waals surface area contributed by atoms with Crippen LogP contribution in [-0.4, -0.2) is 30.3 Å². The highest BCUT2D eigenvalue weighted by Gasteiger charge is 2.41. The lowest BCUT2D eigenvalue weighted by atomic mass is 9.72. The van der Waals surface area contributed by atoms with E-state index >= 15 is 0 Å². The molecular weight excluding hydrogens is 408 g/mol. The molecule has 3 aromatic rings. The van der Waals surface area contributed by atoms with Gasteiger partial charge in [0.15, 0.2) is 17.3 Å². The number of phenolic OH excluding ortho intramolecular Hbond substituents is 1. The summed E-state index contributed by atoms with van der Waals surface area (Å²) >= 11 is 0. The number of allylic oxidation sites excluding steroid dienone is 2. The maximum Gasteiger partial charge on any atom is 0.233 e. The molecule has 2 N–H and O–H groups in total. The van der Waals surface area contributed by atoms with Crippen LogP contribution in [0.3, 0.4) is 0 Å². The lowest BCUT2D eigenvalue weighted by Crippen LogP contribution is -2.29. The summed E-state index contributed by atoms with van der Waals surface area (Å²) in [7, 11) is 3.14. The molecule has 2 heterocycles. The van der Waals surface area contributed by atoms with Crippen LogP contribution in [0.2, 0.25) is 0 Å². The van der Waals surface area contributed by atoms with E-state index in [4.69, 9.17) is 14.0 Å². The first kappa shape index (κ1) is 20.2. The molecule has 7 nitrogen and oxygen atoms in total. The molecule has 0 radical (unpaired) electrons. The molecule has 2 aromatic carbocycles. The molecule has 7 heteroatoms. The fourth-order valence-electron chi connectivity index (χ4n) is 4.79. The van der Waals surface area contributed by atoms with Crippen molar-refractivity contribution in [1.82, 2.24) is 5.16 Å². The number of benzene rings is 2. The van der Waals surface area contributed by atoms with E-state index in [1.165, 1.54) is 7.11 Å². The predicted octanol–water partition coefficient (Wildman–Crippen LogP) is 4.66. The first-order chi connectivity index (χ1) is 15.5. The Labute approximate surface area is 185 Å². The number of aromatic hydroxyl groups is 1. The van der Waals surface area contributed by atoms with Crippen molar-refractivity contribution in [2.24, 2.45) is 0 Å². The molecule has 32 heavy (non-hydrogen) atoms. The highest BCUT2D eigenvalue weighted by Crippen LogP contribution is 2.49. The average molecular weight is 432 g/mol. The molecule has 0 spiro atoms. The number of ether oxygens (including phenoxy) is 2. The molecule has 1 aliphatic carbocycles. The topological polar surface area (TPSA) is 93.8 Å². The van der Waals surface area contributed by atoms with Crippen molar-refractivity contribution < 1.29 is 23.9 Å². The smallest absolute Gasteiger partial charge is 0.233 e. The summed E-state index contributed by atoms with van der Waals surface area (Å²) < 4.78 is 16.1. The van der Waals surface area contributed by atoms with Gasteiger partial charge in [-0.1, -0.05) is 23.4 Å². The lowest BCUT2D eigenvalue weighted by molar-refractivity contribution is -0.116. The highest BCUT2D eigenvalue weighted by molar-refractivity contribution is 6.01. The third kappa shape index (κ3) is 3.21. The fraction of sp³-hybridized carbons (Fsp3) is 0.280. The second-order valence-corrected chi connectivity index (χ2v) is 8.19. The number of anilines is 1. The van der Waals surface area contributed by atoms with Gasteiger partial charge >= 0.3 is 0 Å². The van der Waals surface area contributed by atoms with Crippen molar-refractivity contribution in [2.45, 2.75) is 31.6 Å². The maximum atomic E-state index is 13.5. The second-order valence-electron chi connectivity index (χ2n) is 8.19. The predicted molar refractivity (Wildman–Crippen MR) is 118 cm³/mol. The van der Waals surface area contributed by atoms with Gasteiger partial charge in [0.2, 0.25) is 5.88 Å². The Morgan fingerprint density at radius 3 is 2.53 bits per heavy atom. The van der Waals surface area contributed by atoms with E-state index in [9.17, 15) is 9.90 Å². The molecule has 2 atom stereocenters. The van der Waals surface area contributed by atoms with Crippen LogP contribution >= 0.6 is 0 Å². The minimum atomic E-state index is -0.341. The van der Waals surface area contributed by atoms with E-state index in [2.05, 4.69) is 10.5 Å². The average Bonchev–Trinajstić information content (AvgIpc) is 3.18. The van der Waals surface area contributed by atoms with Crippen molar-refractivity contribution >= 4 is 11.7 Å². The van der Waals surface area contributed by atoms with Crippen molar-refractivity contribution in [3.8, 4) is 17.2 Å². The molecule has 0 bridgehead atoms. The number of nitrogens with zero attached hydrogens (tertiary/aromatic N) is 1. The molecule has 0 fully saturated rings. The van der Waals surface area contributed by atoms with Crippen molar-refractivity contribution in [2.75, 3.05) is 19.5 Å². The number of carbonyl (C=O) groups is 1. The van der Waals surface area contributed by atoms with Crippen LogP contribution in [0.25, 0.3) is 0 Å². The number of aryl methyl sites for hydroxylation is 1. The van der Waals surface area contributed by atoms with E-state index in [-0.39, 0.29) is 23.4 Å². The Balaban J connectivity index is 1.59. The highest BCUT2D eigenvalue weighted by atomic mass is 16.5. The number of ketones is 1. The number of hydrogen-bond acceptors (Lipinski definition) is 7. The largest absolute Gasteiger partial charge is 0.504 e. The summed E-state index contributed by atoms with van der Waals surface area (Å²) in [5.74, 6) is 1.56. The number of carbonyl (C=O) groups excluding carboxylic acids is 1. The van der Waals surface area contributed by atoms with Gasteiger partial charge in [0.25, 0.3) is 0 Å². The first-order valence-electron chi connectivity index (χ1n) is 10.5. The van der Waals surface area contributed by atoms with Gasteiger partial charge in [-0.2, -0.15) is 0 Å². The van der Waals surface area contributed by atoms with E-state index < -0.39 is 0 Å². The number of nitrogens with one attached hydrogen (secondary N) is 1. The molecule has 5 rings (SSSR count). The second kappa shape index (κ2) is 7.75. The van der Waals surface area contributed by atoms with E-state index in [0.717, 1.165) is 39.4 Å². The third-order valence-electron chi connectivity index (χ3n) is 6.38. The quantitative estimate of drug-likeness (QED) is 0.619. The van der Waals surface area contributed by atoms with Crippen LogP contribution in [0.4, 0.5) is 5.88 Å². The fourth-order valence-corrected chi connectivity index (χ4v) is 4.79. The van der Waals surface area contributed by atoms with Crippen molar-refractivity contribution in [3.05, 3.63) is 76.1 Å². The van der Waals surface area contributed by atoms with Gasteiger partial charge in [-0.15, -0.1) is 0 Å². The minimum Gasteiger partial charge on any atom is -0.504 e. The zero-order valence-electron chi connectivity index (χ0n) is 18.1. The molecule has 1 aliphatic heterocycles. The molecule has 2 aliphatic rings. The molecule has 164 valence electrons. The number of phenols is 1. The normalized spacial score (nSPS) is 19.8. The number of fused-ring (bicyclic) bond motifs is 1. The Morgan fingerprint density at radius 1 is 1.06 bits per heavy atom. The van der Waals surface area contributed by atoms with Gasteiger partial charge in [0.1, 0.15) is 5.75 Å². The summed E-state index contributed by atoms with van der Waals surface area (Å²) in [4.78, 5) is 13.5. The summed E-state index contributed by atoms with van der Waals surface area (Å²) in [6.45, 7) is 1.87. The van der Waals surface area contributed by atoms with Crippen molar-refractivity contribution in [3.63, 3.8) is 0 Å². The van der Waals surface area contributed by atoms with Crippen LogP contribution < -0.4 is 14.8 Å². The monoisotopic (exact) mass is 432 g/mol. The maximum absolute atomic E-state index is 13.5. The minimum absolute atomic E-state index is 0.0520. The first-order valence-corrected chi connectivity index (χ1v) is 10.5. The van der Waals surface area contributed by atoms with E-state index in [1.807, 2.05) is 37.3 Å². The lowest BCUT2D eigenvalue weighted by Gasteiger charge is -2.34. The van der Waals surface area contributed by atoms with Crippen LogP contribution in [0.15, 0.2) is 58.3 Å². The van der Waals surface area contributed by atoms with E-state index in [1.54, 1.807) is 19.2 Å². The standard InChI is InChI=1S/C25H24N2O5/c1-13-22-23(15-6-9-19(28)21(12-15)31-3)24-18(26-25(22)32-27-13)10-16(11-20(24)29)14-4-7-17(30-2)8-5-14/h4-9,12,16,23,26,28H,10-11H2,1-3H3. The molecule has 0 amide bonds. The Morgan fingerprint density at radius 2 is 1.81 bits per heavy atom. The number of rotatable bonds is 4. The van der Waals surface area contributed by atoms with Gasteiger partial charge in [-0.3, -0.25) is 4.79 Å². The summed E-state index contributed by atoms with van der Waals surface area (Å²) in [6, 6.07) is 13.0. The number of Topliss-reactive ketones (excluding diaryl/α,β-unsaturated/α-hetero) is 1. The SMILES string of the molecule is COc1ccc(C2CC(=O)C3=C(C2)Nc2onc(C)c2C3c2ccc(O)c(OC)c2)cc1. The molecule has 0 saturated heterocycles. The van der Waals surface area contributed by atoms with Crippen LogP contribution in [0.1, 0.15) is 47.1 Å². The summed E-state index contributed by atoms with van der Waals surface area (Å²) in [6.07, 6.45) is 1.09. The molecular formula is C25H24N2O5. The molecule has 1 aromatic heterocycles. The zero-order valence-corrected chi connectivity index (χ0v) is 18.1. The van der Waals surface area contributed by atoms with Gasteiger partial charge in [-0.25, -0.2) is 0 Å². The van der Waals surface area contributed by atoms with Gasteiger partial charge in [0.05, 0.1) is 25.5 Å². The van der Waals surface area contributed by atoms with Crippen LogP contribution in [0, 0.1) is 6.92 Å². The Bertz CT molecular complexity index is 1230. The Kier molecular flexibility index (Phi) is 4.89. The van der Waals surface area contributed by atoms with Gasteiger partial charge < -0.3 is 24.4 Å². The van der Waals surface area contributed by atoms with Gasteiger partial charge in [0, 0.05) is 23.6 Å². The zero-order chi connectivity index (χ0) is 22.4. The van der Waals surface area contributed by atoms with Crippen LogP contribution in [0.5, 0.6) is 17.2 Å². The molecule has 2 unspecified atom stereocenters. The summed E-state index contributed by atoms with van der Waals surface area (Å²) in [5.41, 5.74) is 5.07. The van der Waals surface area contributed by atoms with Crippen molar-refractivity contribution in [1.29, 1.82) is 0 Å². The number of methoxy groups -OCH3 is 2. The van der Waals surface area contributed by atoms with Gasteiger partial charge in [-0.05, 0) is 54.7 Å². The van der Waals surface area contributed by atoms with E-state index in [0.29, 0.717) is 24.5 Å². The Hall–Kier alpha value is -3.74.